The van der Waals surface area contributed by atoms with Gasteiger partial charge in [0.2, 0.25) is 0 Å². The fraction of sp³-hybridized carbons (Fsp3) is 0.500. The smallest absolute Gasteiger partial charge is 0.280 e. The number of nitrogens with zero attached hydrogens (tertiary/aromatic N) is 1. The lowest BCUT2D eigenvalue weighted by atomic mass is 9.85. The molecule has 2 aliphatic rings. The number of aromatic nitrogens is 1. The molecule has 0 spiro atoms. The summed E-state index contributed by atoms with van der Waals surface area (Å²) in [4.78, 5) is 19.9. The molecule has 5 nitrogen and oxygen atoms in total. The third-order valence-corrected chi connectivity index (χ3v) is 9.66. The van der Waals surface area contributed by atoms with E-state index in [9.17, 15) is 9.00 Å². The van der Waals surface area contributed by atoms with Crippen LogP contribution in [0.3, 0.4) is 0 Å². The van der Waals surface area contributed by atoms with Gasteiger partial charge in [0.1, 0.15) is 11.0 Å². The van der Waals surface area contributed by atoms with E-state index in [1.54, 1.807) is 0 Å². The van der Waals surface area contributed by atoms with Gasteiger partial charge in [-0.05, 0) is 69.7 Å². The van der Waals surface area contributed by atoms with E-state index in [0.29, 0.717) is 17.0 Å². The largest absolute Gasteiger partial charge is 0.347 e. The van der Waals surface area contributed by atoms with Gasteiger partial charge in [-0.1, -0.05) is 49.6 Å². The second kappa shape index (κ2) is 10.1. The van der Waals surface area contributed by atoms with Crippen LogP contribution in [0.1, 0.15) is 93.6 Å². The molecule has 35 heavy (non-hydrogen) atoms. The molecule has 0 bridgehead atoms. The summed E-state index contributed by atoms with van der Waals surface area (Å²) in [6.45, 7) is 6.06. The number of hydrogen-bond acceptors (Lipinski definition) is 4. The van der Waals surface area contributed by atoms with Crippen LogP contribution in [0.15, 0.2) is 41.3 Å². The number of carbonyl (C=O) groups is 1. The van der Waals surface area contributed by atoms with E-state index >= 15 is 0 Å². The molecule has 2 saturated carbocycles. The maximum absolute atomic E-state index is 13.2. The quantitative estimate of drug-likeness (QED) is 0.388. The Hall–Kier alpha value is -2.09. The zero-order valence-electron chi connectivity index (χ0n) is 20.9. The van der Waals surface area contributed by atoms with Crippen LogP contribution in [0.2, 0.25) is 0 Å². The highest BCUT2D eigenvalue weighted by Gasteiger charge is 2.28. The predicted molar refractivity (Wildman–Crippen MR) is 145 cm³/mol. The Balaban J connectivity index is 1.59. The highest BCUT2D eigenvalue weighted by atomic mass is 32.2. The van der Waals surface area contributed by atoms with Crippen LogP contribution in [-0.2, 0) is 11.0 Å². The SMILES string of the molecule is CC(C)(C)NS(=O)c1ccc(-c2sc(C(=O)NC3CCC3)nc2C2CCCCC2)c2ccccc12. The van der Waals surface area contributed by atoms with E-state index in [1.165, 1.54) is 37.0 Å². The monoisotopic (exact) mass is 509 g/mol. The van der Waals surface area contributed by atoms with Gasteiger partial charge < -0.3 is 5.32 Å². The second-order valence-corrected chi connectivity index (χ2v) is 13.1. The predicted octanol–water partition coefficient (Wildman–Crippen LogP) is 6.70. The van der Waals surface area contributed by atoms with Crippen molar-refractivity contribution in [3.05, 3.63) is 47.1 Å². The number of carbonyl (C=O) groups excluding carboxylic acids is 1. The van der Waals surface area contributed by atoms with Gasteiger partial charge in [0.25, 0.3) is 5.91 Å². The van der Waals surface area contributed by atoms with Crippen LogP contribution in [0.5, 0.6) is 0 Å². The maximum Gasteiger partial charge on any atom is 0.280 e. The fourth-order valence-corrected chi connectivity index (χ4v) is 7.37. The van der Waals surface area contributed by atoms with E-state index in [-0.39, 0.29) is 11.4 Å². The highest BCUT2D eigenvalue weighted by Crippen LogP contribution is 2.43. The summed E-state index contributed by atoms with van der Waals surface area (Å²) in [7, 11) is -1.33. The number of rotatable bonds is 6. The summed E-state index contributed by atoms with van der Waals surface area (Å²) in [6.07, 6.45) is 9.24. The van der Waals surface area contributed by atoms with E-state index in [0.717, 1.165) is 57.5 Å². The number of benzene rings is 2. The molecule has 1 aromatic heterocycles. The van der Waals surface area contributed by atoms with Gasteiger partial charge in [-0.25, -0.2) is 13.9 Å². The fourth-order valence-electron chi connectivity index (χ4n) is 5.04. The normalized spacial score (nSPS) is 18.4. The standard InChI is InChI=1S/C28H35N3O2S2/c1-28(2,3)31-35(33)23-17-16-22(20-14-7-8-15-21(20)23)25-24(18-10-5-4-6-11-18)30-27(34-25)26(32)29-19-12-9-13-19/h7-8,14-19,31H,4-6,9-13H2,1-3H3,(H,29,32). The van der Waals surface area contributed by atoms with E-state index in [4.69, 9.17) is 4.98 Å². The minimum atomic E-state index is -1.33. The molecule has 2 aromatic carbocycles. The van der Waals surface area contributed by atoms with Crippen molar-refractivity contribution in [1.29, 1.82) is 0 Å². The molecule has 186 valence electrons. The molecule has 1 heterocycles. The molecule has 1 atom stereocenters. The Morgan fingerprint density at radius 3 is 2.34 bits per heavy atom. The van der Waals surface area contributed by atoms with Crippen LogP contribution in [-0.4, -0.2) is 26.7 Å². The molecule has 0 radical (unpaired) electrons. The molecule has 0 saturated heterocycles. The Morgan fingerprint density at radius 2 is 1.69 bits per heavy atom. The van der Waals surface area contributed by atoms with Crippen LogP contribution >= 0.6 is 11.3 Å². The van der Waals surface area contributed by atoms with Crippen molar-refractivity contribution < 1.29 is 9.00 Å². The number of amides is 1. The van der Waals surface area contributed by atoms with Crippen molar-refractivity contribution in [2.75, 3.05) is 0 Å². The summed E-state index contributed by atoms with van der Waals surface area (Å²) >= 11 is 1.52. The topological polar surface area (TPSA) is 71.1 Å². The van der Waals surface area contributed by atoms with E-state index in [2.05, 4.69) is 22.2 Å². The number of thiazole rings is 1. The molecule has 1 amide bonds. The lowest BCUT2D eigenvalue weighted by molar-refractivity contribution is 0.0916. The average molecular weight is 510 g/mol. The molecule has 2 fully saturated rings. The van der Waals surface area contributed by atoms with E-state index < -0.39 is 11.0 Å². The molecule has 7 heteroatoms. The third-order valence-electron chi connectivity index (χ3n) is 7.01. The first kappa shape index (κ1) is 24.6. The van der Waals surface area contributed by atoms with Crippen molar-refractivity contribution in [2.24, 2.45) is 0 Å². The van der Waals surface area contributed by atoms with Gasteiger partial charge in [0, 0.05) is 23.1 Å². The summed E-state index contributed by atoms with van der Waals surface area (Å²) in [5, 5.41) is 5.77. The van der Waals surface area contributed by atoms with Crippen molar-refractivity contribution in [3.63, 3.8) is 0 Å². The van der Waals surface area contributed by atoms with Gasteiger partial charge in [-0.2, -0.15) is 0 Å². The number of fused-ring (bicyclic) bond motifs is 1. The zero-order valence-corrected chi connectivity index (χ0v) is 22.5. The lowest BCUT2D eigenvalue weighted by Crippen LogP contribution is -2.39. The minimum absolute atomic E-state index is 0.0422. The first-order chi connectivity index (χ1) is 16.8. The molecule has 0 aliphatic heterocycles. The molecule has 5 rings (SSSR count). The maximum atomic E-state index is 13.2. The Kier molecular flexibility index (Phi) is 7.11. The van der Waals surface area contributed by atoms with Crippen LogP contribution < -0.4 is 10.0 Å². The summed E-state index contributed by atoms with van der Waals surface area (Å²) < 4.78 is 16.4. The molecular formula is C28H35N3O2S2. The van der Waals surface area contributed by atoms with Crippen LogP contribution in [0.4, 0.5) is 0 Å². The highest BCUT2D eigenvalue weighted by molar-refractivity contribution is 7.83. The van der Waals surface area contributed by atoms with Gasteiger partial charge in [-0.3, -0.25) is 4.79 Å². The molecule has 2 aliphatic carbocycles. The third kappa shape index (κ3) is 5.37. The Labute approximate surface area is 214 Å². The summed E-state index contributed by atoms with van der Waals surface area (Å²) in [5.41, 5.74) is 1.89. The molecular weight excluding hydrogens is 474 g/mol. The van der Waals surface area contributed by atoms with Gasteiger partial charge in [-0.15, -0.1) is 11.3 Å². The van der Waals surface area contributed by atoms with Crippen LogP contribution in [0.25, 0.3) is 21.2 Å². The molecule has 1 unspecified atom stereocenters. The van der Waals surface area contributed by atoms with Gasteiger partial charge in [0.05, 0.1) is 15.5 Å². The van der Waals surface area contributed by atoms with Gasteiger partial charge >= 0.3 is 0 Å². The lowest BCUT2D eigenvalue weighted by Gasteiger charge is -2.25. The molecule has 3 aromatic rings. The van der Waals surface area contributed by atoms with E-state index in [1.807, 2.05) is 45.0 Å². The average Bonchev–Trinajstić information content (AvgIpc) is 3.25. The second-order valence-electron chi connectivity index (χ2n) is 10.9. The Bertz CT molecular complexity index is 1250. The number of nitrogens with one attached hydrogen (secondary N) is 2. The van der Waals surface area contributed by atoms with Crippen molar-refractivity contribution in [3.8, 4) is 10.4 Å². The summed E-state index contributed by atoms with van der Waals surface area (Å²) in [5.74, 6) is 0.342. The number of hydrogen-bond donors (Lipinski definition) is 2. The van der Waals surface area contributed by atoms with Gasteiger partial charge in [0.15, 0.2) is 5.01 Å². The summed E-state index contributed by atoms with van der Waals surface area (Å²) in [6, 6.07) is 12.5. The Morgan fingerprint density at radius 1 is 0.971 bits per heavy atom. The van der Waals surface area contributed by atoms with Crippen molar-refractivity contribution in [1.82, 2.24) is 15.0 Å². The zero-order chi connectivity index (χ0) is 24.6. The first-order valence-electron chi connectivity index (χ1n) is 12.8. The van der Waals surface area contributed by atoms with Crippen LogP contribution in [0, 0.1) is 0 Å². The first-order valence-corrected chi connectivity index (χ1v) is 14.8. The minimum Gasteiger partial charge on any atom is -0.347 e. The molecule has 2 N–H and O–H groups in total. The van der Waals surface area contributed by atoms with Crippen molar-refractivity contribution in [2.45, 2.75) is 94.5 Å². The van der Waals surface area contributed by atoms with Crippen molar-refractivity contribution >= 4 is 39.0 Å².